The van der Waals surface area contributed by atoms with Gasteiger partial charge in [-0.05, 0) is 31.1 Å². The minimum atomic E-state index is 0.494. The molecule has 0 aromatic rings. The van der Waals surface area contributed by atoms with Crippen LogP contribution in [-0.4, -0.2) is 6.04 Å². The van der Waals surface area contributed by atoms with Crippen LogP contribution in [0.15, 0.2) is 0 Å². The molecule has 0 aromatic heterocycles. The maximum atomic E-state index is 6.37. The zero-order valence-corrected chi connectivity index (χ0v) is 9.97. The summed E-state index contributed by atoms with van der Waals surface area (Å²) in [5.41, 5.74) is 6.37. The zero-order valence-electron chi connectivity index (χ0n) is 9.97. The average molecular weight is 197 g/mol. The molecule has 1 rings (SSSR count). The first kappa shape index (κ1) is 12.0. The third kappa shape index (κ3) is 3.27. The molecular formula is C13H27N. The van der Waals surface area contributed by atoms with Gasteiger partial charge in [0.15, 0.2) is 0 Å². The Morgan fingerprint density at radius 3 is 2.36 bits per heavy atom. The number of nitrogens with two attached hydrogens (primary N) is 1. The van der Waals surface area contributed by atoms with Crippen LogP contribution in [-0.2, 0) is 0 Å². The summed E-state index contributed by atoms with van der Waals surface area (Å²) in [6, 6.07) is 0.494. The van der Waals surface area contributed by atoms with E-state index < -0.39 is 0 Å². The molecule has 0 heterocycles. The Morgan fingerprint density at radius 2 is 1.86 bits per heavy atom. The van der Waals surface area contributed by atoms with Gasteiger partial charge in [-0.1, -0.05) is 46.0 Å². The van der Waals surface area contributed by atoms with E-state index in [-0.39, 0.29) is 0 Å². The van der Waals surface area contributed by atoms with Gasteiger partial charge in [0.25, 0.3) is 0 Å². The summed E-state index contributed by atoms with van der Waals surface area (Å²) in [6.45, 7) is 4.57. The molecule has 1 heteroatoms. The van der Waals surface area contributed by atoms with Crippen molar-refractivity contribution >= 4 is 0 Å². The monoisotopic (exact) mass is 197 g/mol. The molecule has 0 aromatic carbocycles. The van der Waals surface area contributed by atoms with E-state index in [1.807, 2.05) is 0 Å². The highest BCUT2D eigenvalue weighted by Crippen LogP contribution is 2.32. The van der Waals surface area contributed by atoms with Gasteiger partial charge in [0.2, 0.25) is 0 Å². The first-order valence-electron chi connectivity index (χ1n) is 6.55. The molecule has 84 valence electrons. The smallest absolute Gasteiger partial charge is 0.00955 e. The first-order chi connectivity index (χ1) is 6.79. The molecule has 14 heavy (non-hydrogen) atoms. The van der Waals surface area contributed by atoms with Crippen molar-refractivity contribution in [3.8, 4) is 0 Å². The molecule has 0 spiro atoms. The number of rotatable bonds is 6. The lowest BCUT2D eigenvalue weighted by atomic mass is 9.83. The molecule has 1 aliphatic carbocycles. The minimum Gasteiger partial charge on any atom is -0.327 e. The van der Waals surface area contributed by atoms with E-state index in [1.165, 1.54) is 51.4 Å². The quantitative estimate of drug-likeness (QED) is 0.690. The van der Waals surface area contributed by atoms with Crippen LogP contribution in [0.2, 0.25) is 0 Å². The number of hydrogen-bond acceptors (Lipinski definition) is 1. The molecule has 1 fully saturated rings. The second-order valence-corrected chi connectivity index (χ2v) is 4.93. The van der Waals surface area contributed by atoms with Gasteiger partial charge in [-0.25, -0.2) is 0 Å². The van der Waals surface area contributed by atoms with Crippen LogP contribution >= 0.6 is 0 Å². The fraction of sp³-hybridized carbons (Fsp3) is 1.00. The Kier molecular flexibility index (Phi) is 5.54. The predicted molar refractivity (Wildman–Crippen MR) is 63.2 cm³/mol. The maximum Gasteiger partial charge on any atom is 0.00955 e. The van der Waals surface area contributed by atoms with Crippen LogP contribution in [0.3, 0.4) is 0 Å². The van der Waals surface area contributed by atoms with Crippen LogP contribution in [0.1, 0.15) is 65.2 Å². The van der Waals surface area contributed by atoms with Gasteiger partial charge in [-0.15, -0.1) is 0 Å². The number of hydrogen-bond donors (Lipinski definition) is 1. The normalized spacial score (nSPS) is 22.5. The Hall–Kier alpha value is -0.0400. The number of unbranched alkanes of at least 4 members (excludes halogenated alkanes) is 1. The van der Waals surface area contributed by atoms with Crippen molar-refractivity contribution < 1.29 is 0 Å². The molecule has 2 N–H and O–H groups in total. The van der Waals surface area contributed by atoms with Gasteiger partial charge in [-0.3, -0.25) is 0 Å². The second-order valence-electron chi connectivity index (χ2n) is 4.93. The van der Waals surface area contributed by atoms with E-state index in [1.54, 1.807) is 0 Å². The molecule has 0 bridgehead atoms. The highest BCUT2D eigenvalue weighted by molar-refractivity contribution is 4.82. The highest BCUT2D eigenvalue weighted by Gasteiger charge is 2.26. The van der Waals surface area contributed by atoms with Crippen LogP contribution < -0.4 is 5.73 Å². The van der Waals surface area contributed by atoms with Crippen LogP contribution in [0.25, 0.3) is 0 Å². The molecule has 0 radical (unpaired) electrons. The highest BCUT2D eigenvalue weighted by atomic mass is 14.7. The Bertz CT molecular complexity index is 138. The standard InChI is InChI=1S/C13H27N/c1-3-5-8-11(4-2)13(14)12-9-6-7-10-12/h11-13H,3-10,14H2,1-2H3. The summed E-state index contributed by atoms with van der Waals surface area (Å²) in [6.07, 6.45) is 10.9. The summed E-state index contributed by atoms with van der Waals surface area (Å²) in [5.74, 6) is 1.63. The Balaban J connectivity index is 2.33. The molecule has 0 saturated heterocycles. The Morgan fingerprint density at radius 1 is 1.21 bits per heavy atom. The molecule has 1 aliphatic rings. The van der Waals surface area contributed by atoms with Crippen molar-refractivity contribution in [2.24, 2.45) is 17.6 Å². The molecular weight excluding hydrogens is 170 g/mol. The van der Waals surface area contributed by atoms with Crippen molar-refractivity contribution in [3.05, 3.63) is 0 Å². The molecule has 1 saturated carbocycles. The van der Waals surface area contributed by atoms with Gasteiger partial charge in [0.1, 0.15) is 0 Å². The lowest BCUT2D eigenvalue weighted by molar-refractivity contribution is 0.284. The van der Waals surface area contributed by atoms with E-state index in [0.717, 1.165) is 11.8 Å². The van der Waals surface area contributed by atoms with Crippen molar-refractivity contribution in [3.63, 3.8) is 0 Å². The second kappa shape index (κ2) is 6.44. The summed E-state index contributed by atoms with van der Waals surface area (Å²) in [5, 5.41) is 0. The topological polar surface area (TPSA) is 26.0 Å². The minimum absolute atomic E-state index is 0.494. The van der Waals surface area contributed by atoms with Crippen molar-refractivity contribution in [2.45, 2.75) is 71.3 Å². The van der Waals surface area contributed by atoms with E-state index >= 15 is 0 Å². The van der Waals surface area contributed by atoms with Gasteiger partial charge in [-0.2, -0.15) is 0 Å². The van der Waals surface area contributed by atoms with E-state index in [4.69, 9.17) is 5.73 Å². The van der Waals surface area contributed by atoms with Crippen LogP contribution in [0, 0.1) is 11.8 Å². The van der Waals surface area contributed by atoms with Gasteiger partial charge in [0.05, 0.1) is 0 Å². The third-order valence-corrected chi connectivity index (χ3v) is 3.94. The van der Waals surface area contributed by atoms with Crippen LogP contribution in [0.4, 0.5) is 0 Å². The van der Waals surface area contributed by atoms with E-state index in [9.17, 15) is 0 Å². The van der Waals surface area contributed by atoms with Gasteiger partial charge in [0, 0.05) is 6.04 Å². The Labute approximate surface area is 89.5 Å². The molecule has 2 atom stereocenters. The SMILES string of the molecule is CCCCC(CC)C(N)C1CCCC1. The summed E-state index contributed by atoms with van der Waals surface area (Å²) >= 11 is 0. The fourth-order valence-corrected chi connectivity index (χ4v) is 2.86. The predicted octanol–water partition coefficient (Wildman–Crippen LogP) is 3.72. The summed E-state index contributed by atoms with van der Waals surface area (Å²) < 4.78 is 0. The summed E-state index contributed by atoms with van der Waals surface area (Å²) in [4.78, 5) is 0. The summed E-state index contributed by atoms with van der Waals surface area (Å²) in [7, 11) is 0. The van der Waals surface area contributed by atoms with Gasteiger partial charge < -0.3 is 5.73 Å². The fourth-order valence-electron chi connectivity index (χ4n) is 2.86. The third-order valence-electron chi connectivity index (χ3n) is 3.94. The van der Waals surface area contributed by atoms with E-state index in [0.29, 0.717) is 6.04 Å². The van der Waals surface area contributed by atoms with Crippen molar-refractivity contribution in [2.75, 3.05) is 0 Å². The van der Waals surface area contributed by atoms with Crippen molar-refractivity contribution in [1.82, 2.24) is 0 Å². The van der Waals surface area contributed by atoms with E-state index in [2.05, 4.69) is 13.8 Å². The molecule has 0 amide bonds. The van der Waals surface area contributed by atoms with Gasteiger partial charge >= 0.3 is 0 Å². The largest absolute Gasteiger partial charge is 0.327 e. The lowest BCUT2D eigenvalue weighted by Gasteiger charge is -2.27. The molecule has 1 nitrogen and oxygen atoms in total. The van der Waals surface area contributed by atoms with Crippen molar-refractivity contribution in [1.29, 1.82) is 0 Å². The van der Waals surface area contributed by atoms with Crippen LogP contribution in [0.5, 0.6) is 0 Å². The maximum absolute atomic E-state index is 6.37. The molecule has 2 unspecified atom stereocenters. The first-order valence-corrected chi connectivity index (χ1v) is 6.55. The zero-order chi connectivity index (χ0) is 10.4. The molecule has 0 aliphatic heterocycles. The lowest BCUT2D eigenvalue weighted by Crippen LogP contribution is -2.36. The average Bonchev–Trinajstić information content (AvgIpc) is 2.71.